The van der Waals surface area contributed by atoms with Gasteiger partial charge in [-0.2, -0.15) is 0 Å². The maximum atomic E-state index is 14.4. The standard InChI is InChI=1S/C34H30N6O6S3/c1-45-39-26(25-18-47-33(37-25)36-21-41)29(42)38-27-30(43)40-19-34(20-48-31(27)40,49-16-14-22-9-8-15-35-17-22)32(44)46-28(23-10-4-2-5-11-23)24-12-6-3-7-13-24/h2-18,21,27-28,31H,19-20H2,1H3,(H,38,42)(H,36,37,41)/t27?,31-,34?/m1/s1. The lowest BCUT2D eigenvalue weighted by molar-refractivity contribution is -0.155. The van der Waals surface area contributed by atoms with Gasteiger partial charge in [0.25, 0.3) is 5.91 Å². The molecule has 3 atom stereocenters. The van der Waals surface area contributed by atoms with Crippen molar-refractivity contribution in [3.63, 3.8) is 0 Å². The number of carbonyl (C=O) groups excluding carboxylic acids is 4. The highest BCUT2D eigenvalue weighted by molar-refractivity contribution is 8.06. The number of thiazole rings is 1. The predicted molar refractivity (Wildman–Crippen MR) is 190 cm³/mol. The molecule has 0 radical (unpaired) electrons. The SMILES string of the molecule is CON=C(C(=O)NC1C(=O)N2CC(SC=Cc3cccnc3)(C(=O)OC(c3ccccc3)c3ccccc3)CS[C@H]12)c1csc(NC=O)n1. The number of nitrogens with one attached hydrogen (secondary N) is 2. The maximum absolute atomic E-state index is 14.4. The number of aromatic nitrogens is 2. The molecule has 0 spiro atoms. The van der Waals surface area contributed by atoms with E-state index in [1.807, 2.05) is 84.3 Å². The number of amides is 3. The second kappa shape index (κ2) is 15.5. The number of benzene rings is 2. The summed E-state index contributed by atoms with van der Waals surface area (Å²) in [7, 11) is 1.29. The third-order valence-electron chi connectivity index (χ3n) is 7.71. The average molecular weight is 715 g/mol. The number of pyridine rings is 1. The number of β-lactam (4-membered cyclic amide) rings is 1. The molecule has 0 aliphatic carbocycles. The number of thioether (sulfide) groups is 2. The lowest BCUT2D eigenvalue weighted by Gasteiger charge is -2.53. The van der Waals surface area contributed by atoms with Gasteiger partial charge in [-0.3, -0.25) is 24.2 Å². The minimum atomic E-state index is -1.16. The number of hydrogen-bond donors (Lipinski definition) is 2. The van der Waals surface area contributed by atoms with E-state index in [1.165, 1.54) is 30.6 Å². The molecule has 3 amide bonds. The van der Waals surface area contributed by atoms with Crippen molar-refractivity contribution < 1.29 is 28.8 Å². The van der Waals surface area contributed by atoms with E-state index >= 15 is 0 Å². The second-order valence-corrected chi connectivity index (χ2v) is 14.1. The molecule has 2 saturated heterocycles. The van der Waals surface area contributed by atoms with Crippen LogP contribution in [0.25, 0.3) is 6.08 Å². The minimum Gasteiger partial charge on any atom is -0.451 e. The third kappa shape index (κ3) is 7.53. The molecule has 6 rings (SSSR count). The van der Waals surface area contributed by atoms with Gasteiger partial charge in [-0.1, -0.05) is 71.9 Å². The number of oxime groups is 1. The average Bonchev–Trinajstić information content (AvgIpc) is 3.61. The van der Waals surface area contributed by atoms with Crippen LogP contribution in [0.1, 0.15) is 28.5 Å². The molecular formula is C34H30N6O6S3. The Morgan fingerprint density at radius 1 is 1.10 bits per heavy atom. The highest BCUT2D eigenvalue weighted by Gasteiger charge is 2.58. The predicted octanol–water partition coefficient (Wildman–Crippen LogP) is 4.33. The summed E-state index contributed by atoms with van der Waals surface area (Å²) < 4.78 is 5.18. The Bertz CT molecular complexity index is 1820. The molecule has 15 heteroatoms. The van der Waals surface area contributed by atoms with E-state index in [2.05, 4.69) is 25.8 Å². The Hall–Kier alpha value is -4.99. The lowest BCUT2D eigenvalue weighted by atomic mass is 10.00. The number of esters is 1. The number of nitrogens with zero attached hydrogens (tertiary/aromatic N) is 4. The van der Waals surface area contributed by atoms with E-state index in [9.17, 15) is 19.2 Å². The first kappa shape index (κ1) is 33.9. The molecule has 2 aromatic carbocycles. The van der Waals surface area contributed by atoms with Crippen molar-refractivity contribution in [2.45, 2.75) is 22.3 Å². The molecule has 49 heavy (non-hydrogen) atoms. The Labute approximate surface area is 294 Å². The summed E-state index contributed by atoms with van der Waals surface area (Å²) in [5.74, 6) is -1.17. The molecule has 2 N–H and O–H groups in total. The fraction of sp³-hybridized carbons (Fsp3) is 0.206. The molecule has 4 aromatic rings. The summed E-state index contributed by atoms with van der Waals surface area (Å²) in [6.07, 6.45) is 5.07. The monoisotopic (exact) mass is 714 g/mol. The van der Waals surface area contributed by atoms with E-state index < -0.39 is 34.1 Å². The van der Waals surface area contributed by atoms with Crippen molar-refractivity contribution in [2.75, 3.05) is 24.7 Å². The van der Waals surface area contributed by atoms with E-state index in [0.29, 0.717) is 12.2 Å². The summed E-state index contributed by atoms with van der Waals surface area (Å²) >= 11 is 3.79. The molecule has 250 valence electrons. The molecule has 0 saturated carbocycles. The first-order valence-electron chi connectivity index (χ1n) is 15.0. The van der Waals surface area contributed by atoms with Gasteiger partial charge in [-0.05, 0) is 34.2 Å². The summed E-state index contributed by atoms with van der Waals surface area (Å²) in [5, 5.41) is 12.2. The Kier molecular flexibility index (Phi) is 10.7. The topological polar surface area (TPSA) is 152 Å². The van der Waals surface area contributed by atoms with Crippen LogP contribution in [-0.2, 0) is 28.8 Å². The Morgan fingerprint density at radius 2 is 1.84 bits per heavy atom. The number of ether oxygens (including phenoxy) is 1. The van der Waals surface area contributed by atoms with Crippen LogP contribution in [0.15, 0.2) is 101 Å². The summed E-state index contributed by atoms with van der Waals surface area (Å²) in [6, 6.07) is 21.9. The van der Waals surface area contributed by atoms with Gasteiger partial charge in [0.2, 0.25) is 12.3 Å². The van der Waals surface area contributed by atoms with Crippen LogP contribution in [0.3, 0.4) is 0 Å². The van der Waals surface area contributed by atoms with E-state index in [4.69, 9.17) is 9.57 Å². The number of anilines is 1. The summed E-state index contributed by atoms with van der Waals surface area (Å²) in [6.45, 7) is 0.0683. The molecule has 2 aliphatic rings. The van der Waals surface area contributed by atoms with Crippen molar-refractivity contribution in [3.05, 3.63) is 118 Å². The van der Waals surface area contributed by atoms with Crippen LogP contribution in [0.5, 0.6) is 0 Å². The fourth-order valence-corrected chi connectivity index (χ4v) is 8.67. The van der Waals surface area contributed by atoms with Gasteiger partial charge in [-0.15, -0.1) is 34.9 Å². The molecule has 2 fully saturated rings. The van der Waals surface area contributed by atoms with Gasteiger partial charge in [0.15, 0.2) is 16.9 Å². The number of rotatable bonds is 13. The van der Waals surface area contributed by atoms with Crippen LogP contribution in [0, 0.1) is 0 Å². The second-order valence-electron chi connectivity index (χ2n) is 10.8. The van der Waals surface area contributed by atoms with Crippen LogP contribution in [0.2, 0.25) is 0 Å². The first-order valence-corrected chi connectivity index (χ1v) is 17.8. The van der Waals surface area contributed by atoms with Crippen molar-refractivity contribution in [3.8, 4) is 0 Å². The number of carbonyl (C=O) groups is 4. The van der Waals surface area contributed by atoms with Crippen molar-refractivity contribution in [2.24, 2.45) is 5.16 Å². The van der Waals surface area contributed by atoms with Crippen molar-refractivity contribution in [1.29, 1.82) is 0 Å². The largest absolute Gasteiger partial charge is 0.451 e. The molecule has 0 bridgehead atoms. The van der Waals surface area contributed by atoms with Gasteiger partial charge in [0.05, 0.1) is 0 Å². The minimum absolute atomic E-state index is 0.0683. The van der Waals surface area contributed by atoms with Gasteiger partial charge in [-0.25, -0.2) is 4.98 Å². The highest BCUT2D eigenvalue weighted by Crippen LogP contribution is 2.46. The van der Waals surface area contributed by atoms with Crippen LogP contribution in [0.4, 0.5) is 5.13 Å². The maximum Gasteiger partial charge on any atom is 0.326 e. The molecule has 2 aromatic heterocycles. The van der Waals surface area contributed by atoms with Crippen LogP contribution >= 0.6 is 34.9 Å². The van der Waals surface area contributed by atoms with Crippen LogP contribution < -0.4 is 10.6 Å². The van der Waals surface area contributed by atoms with Gasteiger partial charge < -0.3 is 25.1 Å². The first-order chi connectivity index (χ1) is 23.9. The molecule has 2 unspecified atom stereocenters. The molecular weight excluding hydrogens is 685 g/mol. The Balaban J connectivity index is 1.22. The zero-order valence-corrected chi connectivity index (χ0v) is 28.5. The summed E-state index contributed by atoms with van der Waals surface area (Å²) in [5.41, 5.74) is 2.53. The number of fused-ring (bicyclic) bond motifs is 1. The summed E-state index contributed by atoms with van der Waals surface area (Å²) in [4.78, 5) is 66.9. The van der Waals surface area contributed by atoms with E-state index in [0.717, 1.165) is 28.0 Å². The van der Waals surface area contributed by atoms with E-state index in [1.54, 1.807) is 22.7 Å². The van der Waals surface area contributed by atoms with Crippen molar-refractivity contribution in [1.82, 2.24) is 20.2 Å². The zero-order valence-electron chi connectivity index (χ0n) is 26.0. The highest BCUT2D eigenvalue weighted by atomic mass is 32.2. The smallest absolute Gasteiger partial charge is 0.326 e. The Morgan fingerprint density at radius 3 is 2.49 bits per heavy atom. The quantitative estimate of drug-likeness (QED) is 0.0673. The van der Waals surface area contributed by atoms with Gasteiger partial charge in [0, 0.05) is 30.1 Å². The van der Waals surface area contributed by atoms with Gasteiger partial charge >= 0.3 is 5.97 Å². The number of hydrogen-bond acceptors (Lipinski definition) is 12. The van der Waals surface area contributed by atoms with Crippen molar-refractivity contribution >= 4 is 76.0 Å². The van der Waals surface area contributed by atoms with Crippen LogP contribution in [-0.4, -0.2) is 80.3 Å². The molecule has 2 aliphatic heterocycles. The molecule has 4 heterocycles. The zero-order chi connectivity index (χ0) is 34.2. The van der Waals surface area contributed by atoms with Gasteiger partial charge in [0.1, 0.15) is 29.0 Å². The lowest BCUT2D eigenvalue weighted by Crippen LogP contribution is -2.75. The fourth-order valence-electron chi connectivity index (χ4n) is 5.32. The van der Waals surface area contributed by atoms with E-state index in [-0.39, 0.29) is 29.0 Å². The normalized spacial score (nSPS) is 20.3. The molecule has 12 nitrogen and oxygen atoms in total. The third-order valence-corrected chi connectivity index (χ3v) is 11.4.